The van der Waals surface area contributed by atoms with Gasteiger partial charge in [0.25, 0.3) is 5.56 Å². The number of fused-ring (bicyclic) bond motifs is 1. The van der Waals surface area contributed by atoms with Gasteiger partial charge in [-0.25, -0.2) is 9.49 Å². The van der Waals surface area contributed by atoms with Crippen LogP contribution in [0.5, 0.6) is 0 Å². The van der Waals surface area contributed by atoms with E-state index in [1.165, 1.54) is 6.92 Å². The van der Waals surface area contributed by atoms with E-state index in [4.69, 9.17) is 0 Å². The molecule has 1 heterocycles. The summed E-state index contributed by atoms with van der Waals surface area (Å²) in [4.78, 5) is 11.5. The SMILES string of the molecule is CC(F)c1c2c(n[nH]c1=O)C(Br)CC2. The molecule has 0 amide bonds. The normalized spacial score (nSPS) is 22.1. The average molecular weight is 261 g/mol. The Morgan fingerprint density at radius 1 is 1.71 bits per heavy atom. The smallest absolute Gasteiger partial charge is 0.268 e. The number of H-pyrrole nitrogens is 1. The molecule has 0 saturated heterocycles. The topological polar surface area (TPSA) is 45.8 Å². The fourth-order valence-corrected chi connectivity index (χ4v) is 2.47. The van der Waals surface area contributed by atoms with Crippen LogP contribution in [0.2, 0.25) is 0 Å². The van der Waals surface area contributed by atoms with Crippen LogP contribution in [-0.2, 0) is 6.42 Å². The first kappa shape index (κ1) is 9.83. The van der Waals surface area contributed by atoms with E-state index in [0.29, 0.717) is 0 Å². The highest BCUT2D eigenvalue weighted by Crippen LogP contribution is 2.37. The zero-order valence-corrected chi connectivity index (χ0v) is 9.27. The van der Waals surface area contributed by atoms with Gasteiger partial charge in [0.05, 0.1) is 16.1 Å². The van der Waals surface area contributed by atoms with Gasteiger partial charge in [0, 0.05) is 0 Å². The average Bonchev–Trinajstić information content (AvgIpc) is 2.47. The Morgan fingerprint density at radius 3 is 3.07 bits per heavy atom. The molecule has 0 saturated carbocycles. The van der Waals surface area contributed by atoms with Crippen molar-refractivity contribution >= 4 is 15.9 Å². The van der Waals surface area contributed by atoms with Gasteiger partial charge in [0.15, 0.2) is 0 Å². The lowest BCUT2D eigenvalue weighted by atomic mass is 10.1. The van der Waals surface area contributed by atoms with Crippen LogP contribution in [0.1, 0.15) is 41.2 Å². The first-order chi connectivity index (χ1) is 6.61. The van der Waals surface area contributed by atoms with E-state index in [-0.39, 0.29) is 10.4 Å². The quantitative estimate of drug-likeness (QED) is 0.787. The standard InChI is InChI=1S/C9H10BrFN2O/c1-4(11)7-5-2-3-6(10)8(5)12-13-9(7)14/h4,6H,2-3H2,1H3,(H,13,14). The minimum atomic E-state index is -1.23. The van der Waals surface area contributed by atoms with E-state index in [0.717, 1.165) is 24.1 Å². The third kappa shape index (κ3) is 1.39. The molecule has 0 radical (unpaired) electrons. The lowest BCUT2D eigenvalue weighted by Crippen LogP contribution is -2.18. The van der Waals surface area contributed by atoms with Crippen molar-refractivity contribution in [2.24, 2.45) is 0 Å². The summed E-state index contributed by atoms with van der Waals surface area (Å²) >= 11 is 3.44. The summed E-state index contributed by atoms with van der Waals surface area (Å²) in [6.07, 6.45) is 0.374. The van der Waals surface area contributed by atoms with E-state index >= 15 is 0 Å². The molecule has 76 valence electrons. The molecule has 1 aliphatic rings. The van der Waals surface area contributed by atoms with Gasteiger partial charge in [0.2, 0.25) is 0 Å². The van der Waals surface area contributed by atoms with Crippen molar-refractivity contribution in [3.05, 3.63) is 27.2 Å². The molecule has 1 aliphatic carbocycles. The number of nitrogens with zero attached hydrogens (tertiary/aromatic N) is 1. The number of halogens is 2. The maximum absolute atomic E-state index is 13.2. The highest BCUT2D eigenvalue weighted by molar-refractivity contribution is 9.09. The predicted octanol–water partition coefficient (Wildman–Crippen LogP) is 2.18. The molecule has 2 atom stereocenters. The summed E-state index contributed by atoms with van der Waals surface area (Å²) in [6, 6.07) is 0. The Morgan fingerprint density at radius 2 is 2.43 bits per heavy atom. The number of rotatable bonds is 1. The maximum Gasteiger partial charge on any atom is 0.270 e. The second kappa shape index (κ2) is 3.46. The van der Waals surface area contributed by atoms with Crippen molar-refractivity contribution in [3.8, 4) is 0 Å². The molecule has 0 aliphatic heterocycles. The zero-order chi connectivity index (χ0) is 10.3. The summed E-state index contributed by atoms with van der Waals surface area (Å²) < 4.78 is 13.2. The number of aromatic amines is 1. The minimum Gasteiger partial charge on any atom is -0.268 e. The van der Waals surface area contributed by atoms with Gasteiger partial charge in [-0.2, -0.15) is 5.10 Å². The molecular formula is C9H10BrFN2O. The monoisotopic (exact) mass is 260 g/mol. The summed E-state index contributed by atoms with van der Waals surface area (Å²) in [5.74, 6) is 0. The van der Waals surface area contributed by atoms with Gasteiger partial charge >= 0.3 is 0 Å². The third-order valence-electron chi connectivity index (χ3n) is 2.50. The molecule has 3 nitrogen and oxygen atoms in total. The van der Waals surface area contributed by atoms with E-state index in [1.54, 1.807) is 0 Å². The van der Waals surface area contributed by atoms with E-state index in [9.17, 15) is 9.18 Å². The highest BCUT2D eigenvalue weighted by Gasteiger charge is 2.28. The molecule has 0 spiro atoms. The van der Waals surface area contributed by atoms with E-state index < -0.39 is 11.7 Å². The number of aromatic nitrogens is 2. The zero-order valence-electron chi connectivity index (χ0n) is 7.68. The Hall–Kier alpha value is -0.710. The third-order valence-corrected chi connectivity index (χ3v) is 3.39. The number of hydrogen-bond acceptors (Lipinski definition) is 2. The van der Waals surface area contributed by atoms with Crippen molar-refractivity contribution in [1.82, 2.24) is 10.2 Å². The van der Waals surface area contributed by atoms with Crippen LogP contribution in [0, 0.1) is 0 Å². The molecule has 0 fully saturated rings. The largest absolute Gasteiger partial charge is 0.270 e. The van der Waals surface area contributed by atoms with Crippen LogP contribution in [0.15, 0.2) is 4.79 Å². The highest BCUT2D eigenvalue weighted by atomic mass is 79.9. The van der Waals surface area contributed by atoms with Crippen molar-refractivity contribution in [1.29, 1.82) is 0 Å². The van der Waals surface area contributed by atoms with Gasteiger partial charge in [0.1, 0.15) is 6.17 Å². The van der Waals surface area contributed by atoms with Gasteiger partial charge in [-0.1, -0.05) is 15.9 Å². The molecule has 0 bridgehead atoms. The van der Waals surface area contributed by atoms with Crippen molar-refractivity contribution < 1.29 is 4.39 Å². The summed E-state index contributed by atoms with van der Waals surface area (Å²) in [5.41, 5.74) is 1.41. The van der Waals surface area contributed by atoms with Crippen LogP contribution in [0.3, 0.4) is 0 Å². The van der Waals surface area contributed by atoms with Crippen LogP contribution in [-0.4, -0.2) is 10.2 Å². The summed E-state index contributed by atoms with van der Waals surface area (Å²) in [6.45, 7) is 1.38. The molecule has 1 aromatic heterocycles. The van der Waals surface area contributed by atoms with Gasteiger partial charge in [-0.3, -0.25) is 4.79 Å². The van der Waals surface area contributed by atoms with Crippen molar-refractivity contribution in [3.63, 3.8) is 0 Å². The second-order valence-electron chi connectivity index (χ2n) is 3.45. The fraction of sp³-hybridized carbons (Fsp3) is 0.556. The Balaban J connectivity index is 2.65. The van der Waals surface area contributed by atoms with Crippen LogP contribution < -0.4 is 5.56 Å². The predicted molar refractivity (Wildman–Crippen MR) is 54.4 cm³/mol. The van der Waals surface area contributed by atoms with Crippen LogP contribution in [0.25, 0.3) is 0 Å². The van der Waals surface area contributed by atoms with Crippen LogP contribution in [0.4, 0.5) is 4.39 Å². The van der Waals surface area contributed by atoms with Crippen molar-refractivity contribution in [2.75, 3.05) is 0 Å². The number of alkyl halides is 2. The summed E-state index contributed by atoms with van der Waals surface area (Å²) in [5, 5.41) is 6.27. The molecule has 5 heteroatoms. The van der Waals surface area contributed by atoms with Gasteiger partial charge in [-0.05, 0) is 25.3 Å². The Kier molecular flexibility index (Phi) is 2.43. The van der Waals surface area contributed by atoms with Crippen molar-refractivity contribution in [2.45, 2.75) is 30.8 Å². The molecule has 2 rings (SSSR count). The first-order valence-corrected chi connectivity index (χ1v) is 5.42. The van der Waals surface area contributed by atoms with Gasteiger partial charge < -0.3 is 0 Å². The van der Waals surface area contributed by atoms with Gasteiger partial charge in [-0.15, -0.1) is 0 Å². The number of hydrogen-bond donors (Lipinski definition) is 1. The fourth-order valence-electron chi connectivity index (χ4n) is 1.86. The lowest BCUT2D eigenvalue weighted by molar-refractivity contribution is 0.368. The summed E-state index contributed by atoms with van der Waals surface area (Å²) in [7, 11) is 0. The van der Waals surface area contributed by atoms with E-state index in [1.807, 2.05) is 0 Å². The second-order valence-corrected chi connectivity index (χ2v) is 4.56. The molecule has 14 heavy (non-hydrogen) atoms. The van der Waals surface area contributed by atoms with Crippen LogP contribution >= 0.6 is 15.9 Å². The number of nitrogens with one attached hydrogen (secondary N) is 1. The molecule has 1 aromatic rings. The lowest BCUT2D eigenvalue weighted by Gasteiger charge is -2.07. The Labute approximate surface area is 88.9 Å². The molecule has 0 aromatic carbocycles. The van der Waals surface area contributed by atoms with E-state index in [2.05, 4.69) is 26.1 Å². The Bertz CT molecular complexity index is 416. The molecule has 2 unspecified atom stereocenters. The minimum absolute atomic E-state index is 0.145. The maximum atomic E-state index is 13.2. The molecular weight excluding hydrogens is 251 g/mol. The first-order valence-electron chi connectivity index (χ1n) is 4.50. The molecule has 1 N–H and O–H groups in total.